The van der Waals surface area contributed by atoms with E-state index < -0.39 is 11.7 Å². The van der Waals surface area contributed by atoms with Crippen molar-refractivity contribution in [1.29, 1.82) is 0 Å². The van der Waals surface area contributed by atoms with Gasteiger partial charge in [0.1, 0.15) is 17.2 Å². The summed E-state index contributed by atoms with van der Waals surface area (Å²) >= 11 is 6.02. The third kappa shape index (κ3) is 4.14. The molecular weight excluding hydrogens is 395 g/mol. The van der Waals surface area contributed by atoms with Crippen molar-refractivity contribution in [2.75, 3.05) is 18.4 Å². The molecule has 2 amide bonds. The van der Waals surface area contributed by atoms with Gasteiger partial charge in [0.2, 0.25) is 0 Å². The molecule has 3 rings (SSSR count). The van der Waals surface area contributed by atoms with Crippen LogP contribution in [0.15, 0.2) is 54.7 Å². The lowest BCUT2D eigenvalue weighted by molar-refractivity contribution is 0.0774. The molecule has 2 aromatic carbocycles. The van der Waals surface area contributed by atoms with Gasteiger partial charge in [-0.1, -0.05) is 35.9 Å². The lowest BCUT2D eigenvalue weighted by atomic mass is 10.2. The summed E-state index contributed by atoms with van der Waals surface area (Å²) in [6.45, 7) is 4.72. The zero-order valence-corrected chi connectivity index (χ0v) is 16.8. The maximum absolute atomic E-state index is 14.2. The molecule has 150 valence electrons. The van der Waals surface area contributed by atoms with E-state index in [-0.39, 0.29) is 27.9 Å². The molecule has 8 heteroatoms. The molecule has 0 saturated carbocycles. The van der Waals surface area contributed by atoms with Gasteiger partial charge < -0.3 is 10.2 Å². The Balaban J connectivity index is 2.08. The molecule has 0 saturated heterocycles. The van der Waals surface area contributed by atoms with Gasteiger partial charge in [0.15, 0.2) is 0 Å². The maximum atomic E-state index is 14.2. The van der Waals surface area contributed by atoms with E-state index in [9.17, 15) is 14.0 Å². The molecule has 0 unspecified atom stereocenters. The summed E-state index contributed by atoms with van der Waals surface area (Å²) in [6.07, 6.45) is 1.40. The van der Waals surface area contributed by atoms with Crippen molar-refractivity contribution in [2.24, 2.45) is 0 Å². The topological polar surface area (TPSA) is 67.2 Å². The number of benzene rings is 2. The summed E-state index contributed by atoms with van der Waals surface area (Å²) in [5.74, 6) is -1.65. The Labute approximate surface area is 172 Å². The molecule has 0 aliphatic rings. The van der Waals surface area contributed by atoms with E-state index in [1.54, 1.807) is 17.0 Å². The summed E-state index contributed by atoms with van der Waals surface area (Å²) in [6, 6.07) is 13.0. The zero-order chi connectivity index (χ0) is 21.0. The van der Waals surface area contributed by atoms with Crippen molar-refractivity contribution in [2.45, 2.75) is 13.8 Å². The van der Waals surface area contributed by atoms with Gasteiger partial charge in [0, 0.05) is 13.1 Å². The van der Waals surface area contributed by atoms with E-state index in [2.05, 4.69) is 10.4 Å². The average Bonchev–Trinajstić information content (AvgIpc) is 3.12. The van der Waals surface area contributed by atoms with Gasteiger partial charge >= 0.3 is 0 Å². The van der Waals surface area contributed by atoms with E-state index in [1.807, 2.05) is 32.0 Å². The number of rotatable bonds is 6. The number of nitrogens with zero attached hydrogens (tertiary/aromatic N) is 3. The molecule has 6 nitrogen and oxygen atoms in total. The van der Waals surface area contributed by atoms with E-state index >= 15 is 0 Å². The minimum atomic E-state index is -0.764. The van der Waals surface area contributed by atoms with Gasteiger partial charge in [-0.3, -0.25) is 9.59 Å². The van der Waals surface area contributed by atoms with Crippen LogP contribution in [0.5, 0.6) is 0 Å². The number of aromatic nitrogens is 2. The molecule has 0 spiro atoms. The quantitative estimate of drug-likeness (QED) is 0.650. The first-order valence-electron chi connectivity index (χ1n) is 9.16. The predicted molar refractivity (Wildman–Crippen MR) is 110 cm³/mol. The van der Waals surface area contributed by atoms with Crippen molar-refractivity contribution in [3.05, 3.63) is 76.7 Å². The first-order chi connectivity index (χ1) is 14.0. The normalized spacial score (nSPS) is 10.6. The van der Waals surface area contributed by atoms with Crippen molar-refractivity contribution in [1.82, 2.24) is 14.7 Å². The highest BCUT2D eigenvalue weighted by Gasteiger charge is 2.25. The Hall–Kier alpha value is -3.19. The number of carbonyl (C=O) groups excluding carboxylic acids is 2. The summed E-state index contributed by atoms with van der Waals surface area (Å²) in [5, 5.41) is 6.88. The van der Waals surface area contributed by atoms with E-state index in [0.29, 0.717) is 18.8 Å². The van der Waals surface area contributed by atoms with Crippen molar-refractivity contribution >= 4 is 29.2 Å². The zero-order valence-electron chi connectivity index (χ0n) is 16.0. The second-order valence-electron chi connectivity index (χ2n) is 6.18. The number of halogens is 2. The van der Waals surface area contributed by atoms with Gasteiger partial charge in [-0.05, 0) is 38.1 Å². The molecule has 0 aliphatic heterocycles. The summed E-state index contributed by atoms with van der Waals surface area (Å²) < 4.78 is 15.6. The van der Waals surface area contributed by atoms with Crippen LogP contribution in [0.3, 0.4) is 0 Å². The molecule has 0 bridgehead atoms. The second-order valence-corrected chi connectivity index (χ2v) is 6.59. The Morgan fingerprint density at radius 1 is 1.10 bits per heavy atom. The van der Waals surface area contributed by atoms with Crippen LogP contribution in [-0.2, 0) is 0 Å². The van der Waals surface area contributed by atoms with Crippen LogP contribution in [0.25, 0.3) is 5.69 Å². The summed E-state index contributed by atoms with van der Waals surface area (Å²) in [4.78, 5) is 27.4. The van der Waals surface area contributed by atoms with Gasteiger partial charge in [-0.15, -0.1) is 0 Å². The molecule has 29 heavy (non-hydrogen) atoms. The standard InChI is InChI=1S/C21H20ClFN4O2/c1-3-26(4-2)21(29)15-13-24-27(14-9-6-5-7-10-14)19(15)25-20(28)18-16(22)11-8-12-17(18)23/h5-13H,3-4H2,1-2H3,(H,25,28). The highest BCUT2D eigenvalue weighted by Crippen LogP contribution is 2.25. The third-order valence-corrected chi connectivity index (χ3v) is 4.79. The number of anilines is 1. The predicted octanol–water partition coefficient (Wildman–Crippen LogP) is 4.40. The monoisotopic (exact) mass is 414 g/mol. The third-order valence-electron chi connectivity index (χ3n) is 4.47. The van der Waals surface area contributed by atoms with Crippen molar-refractivity contribution in [3.63, 3.8) is 0 Å². The number of nitrogens with one attached hydrogen (secondary N) is 1. The molecule has 1 heterocycles. The fraction of sp³-hybridized carbons (Fsp3) is 0.190. The Kier molecular flexibility index (Phi) is 6.29. The molecule has 3 aromatic rings. The lowest BCUT2D eigenvalue weighted by Crippen LogP contribution is -2.31. The number of hydrogen-bond acceptors (Lipinski definition) is 3. The van der Waals surface area contributed by atoms with Crippen LogP contribution >= 0.6 is 11.6 Å². The van der Waals surface area contributed by atoms with E-state index in [0.717, 1.165) is 6.07 Å². The summed E-state index contributed by atoms with van der Waals surface area (Å²) in [7, 11) is 0. The van der Waals surface area contributed by atoms with Crippen LogP contribution in [0, 0.1) is 5.82 Å². The Bertz CT molecular complexity index is 1010. The minimum absolute atomic E-state index is 0.0232. The molecule has 0 aliphatic carbocycles. The fourth-order valence-electron chi connectivity index (χ4n) is 2.96. The second kappa shape index (κ2) is 8.87. The molecule has 1 N–H and O–H groups in total. The first kappa shape index (κ1) is 20.5. The van der Waals surface area contributed by atoms with Gasteiger partial charge in [0.25, 0.3) is 11.8 Å². The van der Waals surface area contributed by atoms with Crippen molar-refractivity contribution in [3.8, 4) is 5.69 Å². The Morgan fingerprint density at radius 2 is 1.79 bits per heavy atom. The molecule has 0 atom stereocenters. The van der Waals surface area contributed by atoms with Gasteiger partial charge in [-0.2, -0.15) is 5.10 Å². The fourth-order valence-corrected chi connectivity index (χ4v) is 3.20. The average molecular weight is 415 g/mol. The molecule has 0 fully saturated rings. The summed E-state index contributed by atoms with van der Waals surface area (Å²) in [5.41, 5.74) is 0.551. The first-order valence-corrected chi connectivity index (χ1v) is 9.53. The van der Waals surface area contributed by atoms with E-state index in [4.69, 9.17) is 11.6 Å². The highest BCUT2D eigenvalue weighted by atomic mass is 35.5. The van der Waals surface area contributed by atoms with Crippen LogP contribution in [0.2, 0.25) is 5.02 Å². The minimum Gasteiger partial charge on any atom is -0.339 e. The number of hydrogen-bond donors (Lipinski definition) is 1. The number of carbonyl (C=O) groups is 2. The number of amides is 2. The smallest absolute Gasteiger partial charge is 0.261 e. The highest BCUT2D eigenvalue weighted by molar-refractivity contribution is 6.34. The maximum Gasteiger partial charge on any atom is 0.261 e. The van der Waals surface area contributed by atoms with Gasteiger partial charge in [0.05, 0.1) is 22.5 Å². The SMILES string of the molecule is CCN(CC)C(=O)c1cnn(-c2ccccc2)c1NC(=O)c1c(F)cccc1Cl. The molecule has 1 aromatic heterocycles. The van der Waals surface area contributed by atoms with Crippen molar-refractivity contribution < 1.29 is 14.0 Å². The van der Waals surface area contributed by atoms with E-state index in [1.165, 1.54) is 23.0 Å². The lowest BCUT2D eigenvalue weighted by Gasteiger charge is -2.19. The van der Waals surface area contributed by atoms with Crippen LogP contribution < -0.4 is 5.32 Å². The number of para-hydroxylation sites is 1. The van der Waals surface area contributed by atoms with Crippen LogP contribution in [0.4, 0.5) is 10.2 Å². The van der Waals surface area contributed by atoms with Gasteiger partial charge in [-0.25, -0.2) is 9.07 Å². The van der Waals surface area contributed by atoms with Crippen LogP contribution in [0.1, 0.15) is 34.6 Å². The Morgan fingerprint density at radius 3 is 2.41 bits per heavy atom. The van der Waals surface area contributed by atoms with Crippen LogP contribution in [-0.4, -0.2) is 39.6 Å². The molecule has 0 radical (unpaired) electrons. The molecular formula is C21H20ClFN4O2. The largest absolute Gasteiger partial charge is 0.339 e.